The number of methoxy groups -OCH3 is 1. The van der Waals surface area contributed by atoms with E-state index < -0.39 is 90.4 Å². The highest BCUT2D eigenvalue weighted by Gasteiger charge is 2.72. The SMILES string of the molecule is COc1ccc(C(=O)O[C@H]2[C@H](O[C@@H]3[C@@H](OC(C)=O)[C@H]([C@H]4C[C@H]5[C@@H]6CC=C7C[C@@H](O)CC[C@]7(C)[C@H]6CC[C@]5(C)[C@@]4(O)[C@H](C)C(=O)CCC(C)C)OC[C@@H]3O)OC[C@@H](O)[C@@H]2O)cc1. The van der Waals surface area contributed by atoms with Crippen LogP contribution in [-0.2, 0) is 33.3 Å². The molecule has 14 nitrogen and oxygen atoms in total. The number of hydrogen-bond acceptors (Lipinski definition) is 14. The molecule has 61 heavy (non-hydrogen) atoms. The van der Waals surface area contributed by atoms with E-state index in [0.29, 0.717) is 43.8 Å². The third kappa shape index (κ3) is 8.33. The van der Waals surface area contributed by atoms with Gasteiger partial charge in [-0.3, -0.25) is 9.59 Å². The highest BCUT2D eigenvalue weighted by Crippen LogP contribution is 2.70. The maximum atomic E-state index is 14.3. The molecule has 0 bridgehead atoms. The number of esters is 2. The molecule has 17 atom stereocenters. The number of aliphatic hydroxyl groups is 5. The number of benzene rings is 1. The average Bonchev–Trinajstić information content (AvgIpc) is 3.47. The molecule has 0 amide bonds. The van der Waals surface area contributed by atoms with Gasteiger partial charge in [0.05, 0.1) is 37.6 Å². The lowest BCUT2D eigenvalue weighted by Gasteiger charge is -2.60. The largest absolute Gasteiger partial charge is 0.497 e. The van der Waals surface area contributed by atoms with Crippen LogP contribution in [0.3, 0.4) is 0 Å². The normalized spacial score (nSPS) is 42.6. The molecular weight excluding hydrogens is 789 g/mol. The third-order valence-electron chi connectivity index (χ3n) is 16.0. The van der Waals surface area contributed by atoms with E-state index in [1.165, 1.54) is 31.7 Å². The monoisotopic (exact) mass is 856 g/mol. The van der Waals surface area contributed by atoms with Gasteiger partial charge in [-0.1, -0.05) is 46.3 Å². The van der Waals surface area contributed by atoms with Crippen LogP contribution < -0.4 is 4.74 Å². The van der Waals surface area contributed by atoms with Crippen molar-refractivity contribution in [2.45, 2.75) is 160 Å². The van der Waals surface area contributed by atoms with Crippen LogP contribution in [0.2, 0.25) is 0 Å². The van der Waals surface area contributed by atoms with Crippen molar-refractivity contribution in [2.75, 3.05) is 20.3 Å². The molecule has 0 spiro atoms. The smallest absolute Gasteiger partial charge is 0.338 e. The summed E-state index contributed by atoms with van der Waals surface area (Å²) in [4.78, 5) is 40.7. The maximum Gasteiger partial charge on any atom is 0.338 e. The number of Topliss-reactive ketones (excluding diaryl/α,β-unsaturated/α-hetero) is 1. The summed E-state index contributed by atoms with van der Waals surface area (Å²) in [5.74, 6) is -1.94. The molecule has 2 heterocycles. The lowest BCUT2D eigenvalue weighted by Crippen LogP contribution is -2.66. The molecule has 5 fully saturated rings. The van der Waals surface area contributed by atoms with Gasteiger partial charge in [0.25, 0.3) is 0 Å². The van der Waals surface area contributed by atoms with E-state index in [-0.39, 0.29) is 47.2 Å². The summed E-state index contributed by atoms with van der Waals surface area (Å²) in [6, 6.07) is 6.10. The van der Waals surface area contributed by atoms with Gasteiger partial charge in [0, 0.05) is 30.6 Å². The Bertz CT molecular complexity index is 1780. The first-order valence-electron chi connectivity index (χ1n) is 22.4. The summed E-state index contributed by atoms with van der Waals surface area (Å²) >= 11 is 0. The zero-order chi connectivity index (χ0) is 44.2. The van der Waals surface area contributed by atoms with Crippen molar-refractivity contribution in [3.05, 3.63) is 41.5 Å². The highest BCUT2D eigenvalue weighted by molar-refractivity contribution is 5.89. The molecule has 2 saturated heterocycles. The van der Waals surface area contributed by atoms with Gasteiger partial charge < -0.3 is 54.0 Å². The number of rotatable bonds is 12. The molecule has 1 aromatic carbocycles. The molecule has 0 unspecified atom stereocenters. The van der Waals surface area contributed by atoms with Gasteiger partial charge in [0.1, 0.15) is 42.1 Å². The predicted octanol–water partition coefficient (Wildman–Crippen LogP) is 4.30. The number of ether oxygens (including phenoxy) is 6. The van der Waals surface area contributed by atoms with Gasteiger partial charge in [0.2, 0.25) is 0 Å². The Morgan fingerprint density at radius 1 is 0.869 bits per heavy atom. The Hall–Kier alpha value is -2.95. The first-order chi connectivity index (χ1) is 28.8. The summed E-state index contributed by atoms with van der Waals surface area (Å²) in [5, 5.41) is 57.7. The van der Waals surface area contributed by atoms with Crippen molar-refractivity contribution in [1.82, 2.24) is 0 Å². The van der Waals surface area contributed by atoms with Crippen LogP contribution >= 0.6 is 0 Å². The van der Waals surface area contributed by atoms with E-state index in [1.807, 2.05) is 6.92 Å². The molecule has 6 aliphatic rings. The second-order valence-electron chi connectivity index (χ2n) is 19.8. The van der Waals surface area contributed by atoms with E-state index in [9.17, 15) is 39.9 Å². The fourth-order valence-corrected chi connectivity index (χ4v) is 12.6. The maximum absolute atomic E-state index is 14.3. The molecular formula is C47H68O14. The molecule has 2 aliphatic heterocycles. The predicted molar refractivity (Wildman–Crippen MR) is 220 cm³/mol. The number of fused-ring (bicyclic) bond motifs is 5. The molecule has 5 N–H and O–H groups in total. The molecule has 0 aromatic heterocycles. The summed E-state index contributed by atoms with van der Waals surface area (Å²) in [6.45, 7) is 10.9. The van der Waals surface area contributed by atoms with Crippen molar-refractivity contribution in [3.63, 3.8) is 0 Å². The van der Waals surface area contributed by atoms with Gasteiger partial charge in [-0.25, -0.2) is 4.79 Å². The van der Waals surface area contributed by atoms with Gasteiger partial charge in [-0.2, -0.15) is 0 Å². The van der Waals surface area contributed by atoms with Gasteiger partial charge in [-0.05, 0) is 105 Å². The quantitative estimate of drug-likeness (QED) is 0.147. The first kappa shape index (κ1) is 46.1. The summed E-state index contributed by atoms with van der Waals surface area (Å²) < 4.78 is 35.7. The molecule has 1 aromatic rings. The van der Waals surface area contributed by atoms with Crippen LogP contribution in [-0.4, -0.2) is 124 Å². The molecule has 14 heteroatoms. The fraction of sp³-hybridized carbons (Fsp3) is 0.766. The Morgan fingerprint density at radius 2 is 1.57 bits per heavy atom. The van der Waals surface area contributed by atoms with Crippen LogP contribution in [0, 0.1) is 46.3 Å². The Balaban J connectivity index is 1.23. The first-order valence-corrected chi connectivity index (χ1v) is 22.4. The summed E-state index contributed by atoms with van der Waals surface area (Å²) in [5.41, 5.74) is -1.02. The Labute approximate surface area is 359 Å². The minimum Gasteiger partial charge on any atom is -0.497 e. The Morgan fingerprint density at radius 3 is 2.25 bits per heavy atom. The van der Waals surface area contributed by atoms with Crippen LogP contribution in [0.5, 0.6) is 5.75 Å². The minimum atomic E-state index is -1.64. The van der Waals surface area contributed by atoms with Gasteiger partial charge >= 0.3 is 11.9 Å². The lowest BCUT2D eigenvalue weighted by molar-refractivity contribution is -0.320. The van der Waals surface area contributed by atoms with E-state index in [2.05, 4.69) is 33.8 Å². The van der Waals surface area contributed by atoms with Gasteiger partial charge in [-0.15, -0.1) is 0 Å². The van der Waals surface area contributed by atoms with Crippen molar-refractivity contribution in [1.29, 1.82) is 0 Å². The Kier molecular flexibility index (Phi) is 13.5. The molecule has 7 rings (SSSR count). The minimum absolute atomic E-state index is 0.0454. The number of aliphatic hydroxyl groups excluding tert-OH is 4. The molecule has 3 saturated carbocycles. The standard InChI is InChI=1S/C47H68O14/c1-24(2)8-15-35(50)25(3)47(55)34(21-33-31-14-11-28-20-29(49)16-18-45(28,5)32(31)17-19-46(33,47)6)39-42(59-26(4)48)40(37(52)23-57-39)61-44-41(38(53)36(51)22-58-44)60-43(54)27-9-12-30(56-7)13-10-27/h9-13,24-25,29,31-34,36-42,44,49,51-53,55H,8,14-23H2,1-7H3/t25-,29+,31-,32+,33+,34-,36-,37+,38+,39+,40+,41-,42+,44+,45+,46+,47-/m1/s1. The van der Waals surface area contributed by atoms with Crippen molar-refractivity contribution >= 4 is 17.7 Å². The van der Waals surface area contributed by atoms with E-state index in [0.717, 1.165) is 25.7 Å². The van der Waals surface area contributed by atoms with Crippen LogP contribution in [0.15, 0.2) is 35.9 Å². The number of carbonyl (C=O) groups is 3. The van der Waals surface area contributed by atoms with E-state index in [1.54, 1.807) is 12.1 Å². The van der Waals surface area contributed by atoms with E-state index >= 15 is 0 Å². The summed E-state index contributed by atoms with van der Waals surface area (Å²) in [7, 11) is 1.49. The molecule has 340 valence electrons. The number of ketones is 1. The van der Waals surface area contributed by atoms with Crippen molar-refractivity contribution in [2.24, 2.45) is 46.3 Å². The zero-order valence-electron chi connectivity index (χ0n) is 36.7. The van der Waals surface area contributed by atoms with Crippen molar-refractivity contribution in [3.8, 4) is 5.75 Å². The van der Waals surface area contributed by atoms with Crippen LogP contribution in [0.25, 0.3) is 0 Å². The highest BCUT2D eigenvalue weighted by atomic mass is 16.7. The number of allylic oxidation sites excluding steroid dienone is 1. The van der Waals surface area contributed by atoms with Gasteiger partial charge in [0.15, 0.2) is 18.5 Å². The molecule has 4 aliphatic carbocycles. The van der Waals surface area contributed by atoms with Crippen LogP contribution in [0.1, 0.15) is 110 Å². The number of hydrogen-bond donors (Lipinski definition) is 5. The van der Waals surface area contributed by atoms with Crippen LogP contribution in [0.4, 0.5) is 0 Å². The van der Waals surface area contributed by atoms with Crippen molar-refractivity contribution < 1.29 is 68.3 Å². The number of carbonyl (C=O) groups excluding carboxylic acids is 3. The summed E-state index contributed by atoms with van der Waals surface area (Å²) in [6.07, 6.45) is -3.42. The van der Waals surface area contributed by atoms with E-state index in [4.69, 9.17) is 28.4 Å². The second kappa shape index (κ2) is 17.9. The lowest BCUT2D eigenvalue weighted by atomic mass is 9.46. The average molecular weight is 857 g/mol. The fourth-order valence-electron chi connectivity index (χ4n) is 12.6. The second-order valence-corrected chi connectivity index (χ2v) is 19.8. The topological polar surface area (TPSA) is 208 Å². The zero-order valence-corrected chi connectivity index (χ0v) is 36.7. The third-order valence-corrected chi connectivity index (χ3v) is 16.0. The molecule has 0 radical (unpaired) electrons.